The van der Waals surface area contributed by atoms with Gasteiger partial charge in [-0.1, -0.05) is 38.3 Å². The van der Waals surface area contributed by atoms with E-state index < -0.39 is 10.0 Å². The average molecular weight is 418 g/mol. The second kappa shape index (κ2) is 6.98. The Bertz CT molecular complexity index is 906. The number of amides is 1. The van der Waals surface area contributed by atoms with Crippen LogP contribution in [0.2, 0.25) is 0 Å². The molecule has 158 valence electrons. The van der Waals surface area contributed by atoms with E-state index in [1.54, 1.807) is 12.1 Å². The topological polar surface area (TPSA) is 69.7 Å². The summed E-state index contributed by atoms with van der Waals surface area (Å²) in [5.41, 5.74) is 0.569. The van der Waals surface area contributed by atoms with Gasteiger partial charge in [-0.15, -0.1) is 0 Å². The minimum absolute atomic E-state index is 0.0124. The van der Waals surface area contributed by atoms with Gasteiger partial charge in [0.05, 0.1) is 17.8 Å². The van der Waals surface area contributed by atoms with Crippen LogP contribution in [0.25, 0.3) is 0 Å². The van der Waals surface area contributed by atoms with E-state index in [-0.39, 0.29) is 23.4 Å². The van der Waals surface area contributed by atoms with Crippen LogP contribution < -0.4 is 9.62 Å². The van der Waals surface area contributed by atoms with Gasteiger partial charge in [0.15, 0.2) is 0 Å². The number of rotatable bonds is 3. The molecule has 6 nitrogen and oxygen atoms in total. The van der Waals surface area contributed by atoms with Crippen LogP contribution in [-0.2, 0) is 14.8 Å². The fourth-order valence-electron chi connectivity index (χ4n) is 5.41. The highest BCUT2D eigenvalue weighted by Crippen LogP contribution is 2.47. The Morgan fingerprint density at radius 1 is 1.14 bits per heavy atom. The summed E-state index contributed by atoms with van der Waals surface area (Å²) in [6.45, 7) is 3.97. The van der Waals surface area contributed by atoms with E-state index in [4.69, 9.17) is 0 Å². The molecule has 3 fully saturated rings. The zero-order valence-corrected chi connectivity index (χ0v) is 18.0. The third-order valence-corrected chi connectivity index (χ3v) is 8.98. The van der Waals surface area contributed by atoms with Crippen LogP contribution in [0, 0.1) is 11.3 Å². The quantitative estimate of drug-likeness (QED) is 0.821. The molecule has 2 heterocycles. The number of hydrogen-bond donors (Lipinski definition) is 1. The molecule has 2 aliphatic carbocycles. The summed E-state index contributed by atoms with van der Waals surface area (Å²) in [7, 11) is -3.61. The number of likely N-dealkylation sites (tertiary alicyclic amines) is 1. The highest BCUT2D eigenvalue weighted by atomic mass is 32.2. The predicted octanol–water partition coefficient (Wildman–Crippen LogP) is 2.74. The lowest BCUT2D eigenvalue weighted by Gasteiger charge is -2.36. The molecular formula is C22H31N3O3S. The van der Waals surface area contributed by atoms with Crippen LogP contribution in [0.3, 0.4) is 0 Å². The Balaban J connectivity index is 1.50. The van der Waals surface area contributed by atoms with E-state index in [9.17, 15) is 13.2 Å². The summed E-state index contributed by atoms with van der Waals surface area (Å²) in [6.07, 6.45) is 8.11. The maximum Gasteiger partial charge on any atom is 0.243 e. The van der Waals surface area contributed by atoms with Crippen molar-refractivity contribution in [1.29, 1.82) is 0 Å². The zero-order valence-electron chi connectivity index (χ0n) is 17.1. The number of carbonyl (C=O) groups is 1. The summed E-state index contributed by atoms with van der Waals surface area (Å²) in [5, 5.41) is 0. The van der Waals surface area contributed by atoms with E-state index in [2.05, 4.69) is 9.62 Å². The molecule has 0 unspecified atom stereocenters. The molecule has 29 heavy (non-hydrogen) atoms. The molecular weight excluding hydrogens is 386 g/mol. The van der Waals surface area contributed by atoms with Crippen LogP contribution in [0.1, 0.15) is 51.9 Å². The Kier molecular flexibility index (Phi) is 4.66. The first kappa shape index (κ1) is 19.4. The van der Waals surface area contributed by atoms with Gasteiger partial charge in [0.1, 0.15) is 4.90 Å². The molecule has 1 saturated heterocycles. The minimum Gasteiger partial charge on any atom is -0.364 e. The van der Waals surface area contributed by atoms with Crippen LogP contribution in [-0.4, -0.2) is 50.9 Å². The number of anilines is 1. The van der Waals surface area contributed by atoms with Crippen molar-refractivity contribution in [3.05, 3.63) is 24.3 Å². The number of sulfonamides is 1. The molecule has 4 aliphatic rings. The van der Waals surface area contributed by atoms with Crippen LogP contribution in [0.4, 0.5) is 5.69 Å². The smallest absolute Gasteiger partial charge is 0.243 e. The van der Waals surface area contributed by atoms with Gasteiger partial charge in [-0.3, -0.25) is 4.79 Å². The number of fused-ring (bicyclic) bond motifs is 2. The van der Waals surface area contributed by atoms with Crippen molar-refractivity contribution in [3.63, 3.8) is 0 Å². The number of benzene rings is 1. The normalized spacial score (nSPS) is 30.4. The highest BCUT2D eigenvalue weighted by Gasteiger charge is 2.52. The lowest BCUT2D eigenvalue weighted by molar-refractivity contribution is -0.135. The van der Waals surface area contributed by atoms with Crippen molar-refractivity contribution in [1.82, 2.24) is 9.62 Å². The van der Waals surface area contributed by atoms with Gasteiger partial charge in [0.2, 0.25) is 15.9 Å². The van der Waals surface area contributed by atoms with Gasteiger partial charge in [0, 0.05) is 25.0 Å². The van der Waals surface area contributed by atoms with Gasteiger partial charge >= 0.3 is 0 Å². The summed E-state index contributed by atoms with van der Waals surface area (Å²) in [6, 6.07) is 7.09. The molecule has 0 bridgehead atoms. The average Bonchev–Trinajstić information content (AvgIpc) is 3.36. The first-order chi connectivity index (χ1) is 13.9. The lowest BCUT2D eigenvalue weighted by Crippen LogP contribution is -2.50. The standard InChI is InChI=1S/C22H31N3O3S/c1-22(11-12-22)21(26)24-14-17-19(15-24)25(13-16-7-3-2-4-8-16)18-9-5-6-10-20(18)29(27,28)23-17/h5-6,9-10,16-17,19,23H,2-4,7-8,11-15H2,1H3/t17-,19-/m0/s1. The monoisotopic (exact) mass is 417 g/mol. The number of nitrogens with zero attached hydrogens (tertiary/aromatic N) is 2. The first-order valence-corrected chi connectivity index (χ1v) is 12.5. The van der Waals surface area contributed by atoms with E-state index in [0.717, 1.165) is 25.1 Å². The van der Waals surface area contributed by atoms with Crippen LogP contribution in [0.15, 0.2) is 29.2 Å². The summed E-state index contributed by atoms with van der Waals surface area (Å²) < 4.78 is 29.2. The van der Waals surface area contributed by atoms with E-state index >= 15 is 0 Å². The van der Waals surface area contributed by atoms with Crippen LogP contribution >= 0.6 is 0 Å². The first-order valence-electron chi connectivity index (χ1n) is 11.0. The molecule has 0 spiro atoms. The molecule has 1 aromatic rings. The zero-order chi connectivity index (χ0) is 20.2. The Morgan fingerprint density at radius 2 is 1.86 bits per heavy atom. The maximum atomic E-state index is 13.1. The fraction of sp³-hybridized carbons (Fsp3) is 0.682. The molecule has 0 aromatic heterocycles. The Labute approximate surface area is 173 Å². The van der Waals surface area contributed by atoms with Crippen molar-refractivity contribution in [2.75, 3.05) is 24.5 Å². The Hall–Kier alpha value is -1.60. The van der Waals surface area contributed by atoms with Crippen molar-refractivity contribution in [3.8, 4) is 0 Å². The number of nitrogens with one attached hydrogen (secondary N) is 1. The van der Waals surface area contributed by atoms with Crippen molar-refractivity contribution in [2.24, 2.45) is 11.3 Å². The molecule has 7 heteroatoms. The second-order valence-corrected chi connectivity index (χ2v) is 11.4. The molecule has 1 amide bonds. The van der Waals surface area contributed by atoms with Gasteiger partial charge in [-0.25, -0.2) is 13.1 Å². The third-order valence-electron chi connectivity index (χ3n) is 7.44. The minimum atomic E-state index is -3.61. The van der Waals surface area contributed by atoms with Gasteiger partial charge in [-0.05, 0) is 43.7 Å². The Morgan fingerprint density at radius 3 is 2.59 bits per heavy atom. The number of hydrogen-bond acceptors (Lipinski definition) is 4. The SMILES string of the molecule is CC1(C(=O)N2C[C@@H]3NS(=O)(=O)c4ccccc4N(CC4CCCCC4)[C@H]3C2)CC1. The summed E-state index contributed by atoms with van der Waals surface area (Å²) in [5.74, 6) is 0.777. The van der Waals surface area contributed by atoms with Gasteiger partial charge in [-0.2, -0.15) is 0 Å². The molecule has 1 aromatic carbocycles. The van der Waals surface area contributed by atoms with Gasteiger partial charge in [0.25, 0.3) is 0 Å². The molecule has 0 radical (unpaired) electrons. The number of carbonyl (C=O) groups excluding carboxylic acids is 1. The fourth-order valence-corrected chi connectivity index (χ4v) is 6.89. The predicted molar refractivity (Wildman–Crippen MR) is 112 cm³/mol. The highest BCUT2D eigenvalue weighted by molar-refractivity contribution is 7.89. The molecule has 5 rings (SSSR count). The maximum absolute atomic E-state index is 13.1. The van der Waals surface area contributed by atoms with E-state index in [0.29, 0.717) is 23.9 Å². The molecule has 2 saturated carbocycles. The molecule has 2 aliphatic heterocycles. The van der Waals surface area contributed by atoms with E-state index in [1.165, 1.54) is 32.1 Å². The van der Waals surface area contributed by atoms with Gasteiger partial charge < -0.3 is 9.80 Å². The van der Waals surface area contributed by atoms with Crippen molar-refractivity contribution >= 4 is 21.6 Å². The van der Waals surface area contributed by atoms with Crippen molar-refractivity contribution in [2.45, 2.75) is 68.8 Å². The molecule has 1 N–H and O–H groups in total. The van der Waals surface area contributed by atoms with Crippen molar-refractivity contribution < 1.29 is 13.2 Å². The third kappa shape index (κ3) is 3.46. The van der Waals surface area contributed by atoms with E-state index in [1.807, 2.05) is 24.0 Å². The largest absolute Gasteiger partial charge is 0.364 e. The summed E-state index contributed by atoms with van der Waals surface area (Å²) >= 11 is 0. The van der Waals surface area contributed by atoms with Crippen LogP contribution in [0.5, 0.6) is 0 Å². The lowest BCUT2D eigenvalue weighted by atomic mass is 9.88. The molecule has 2 atom stereocenters. The number of para-hydroxylation sites is 1. The second-order valence-electron chi connectivity index (χ2n) is 9.69. The summed E-state index contributed by atoms with van der Waals surface area (Å²) in [4.78, 5) is 17.6.